The molecule has 0 bridgehead atoms. The molecule has 0 aliphatic carbocycles. The lowest BCUT2D eigenvalue weighted by molar-refractivity contribution is -0.384. The average molecular weight is 340 g/mol. The topological polar surface area (TPSA) is 129 Å². The maximum Gasteiger partial charge on any atom is 0.322 e. The number of non-ortho nitro benzene ring substituents is 1. The number of amides is 1. The molecule has 0 atom stereocenters. The smallest absolute Gasteiger partial charge is 0.322 e. The number of benzene rings is 1. The molecular formula is C15H12N6O4. The quantitative estimate of drug-likeness (QED) is 0.427. The number of hydrogen-bond acceptors (Lipinski definition) is 7. The molecule has 0 unspecified atom stereocenters. The summed E-state index contributed by atoms with van der Waals surface area (Å²) in [5, 5.41) is 24.6. The Morgan fingerprint density at radius 3 is 2.68 bits per heavy atom. The highest BCUT2D eigenvalue weighted by Gasteiger charge is 2.12. The number of carbonyl (C=O) groups excluding carboxylic acids is 1. The van der Waals surface area contributed by atoms with Crippen molar-refractivity contribution in [3.8, 4) is 11.6 Å². The number of rotatable bonds is 5. The Kier molecular flexibility index (Phi) is 4.33. The van der Waals surface area contributed by atoms with Crippen LogP contribution in [0.4, 0.5) is 11.7 Å². The lowest BCUT2D eigenvalue weighted by atomic mass is 10.2. The van der Waals surface area contributed by atoms with Crippen LogP contribution in [0.15, 0.2) is 47.0 Å². The third-order valence-electron chi connectivity index (χ3n) is 3.12. The minimum absolute atomic E-state index is 0.0190. The summed E-state index contributed by atoms with van der Waals surface area (Å²) in [7, 11) is 1.76. The first-order valence-electron chi connectivity index (χ1n) is 7.08. The summed E-state index contributed by atoms with van der Waals surface area (Å²) in [6, 6.07) is 7.43. The molecule has 0 saturated carbocycles. The molecule has 0 aliphatic heterocycles. The molecule has 10 heteroatoms. The fourth-order valence-electron chi connectivity index (χ4n) is 1.93. The van der Waals surface area contributed by atoms with Gasteiger partial charge in [0.2, 0.25) is 0 Å². The van der Waals surface area contributed by atoms with Crippen molar-refractivity contribution >= 4 is 23.7 Å². The summed E-state index contributed by atoms with van der Waals surface area (Å²) in [5.41, 5.74) is 1.12. The van der Waals surface area contributed by atoms with E-state index in [4.69, 9.17) is 4.42 Å². The molecule has 126 valence electrons. The van der Waals surface area contributed by atoms with Crippen molar-refractivity contribution in [3.05, 3.63) is 58.3 Å². The van der Waals surface area contributed by atoms with E-state index >= 15 is 0 Å². The molecule has 0 fully saturated rings. The maximum atomic E-state index is 11.9. The standard InChI is InChI=1S/C15H12N6O4/c1-20-9-8-12(19-20)14-17-18-15(25-14)16-13(22)7-4-10-2-5-11(6-3-10)21(23)24/h2-9H,1H3,(H,16,18,22). The largest absolute Gasteiger partial charge is 0.401 e. The van der Waals surface area contributed by atoms with E-state index in [1.165, 1.54) is 36.4 Å². The summed E-state index contributed by atoms with van der Waals surface area (Å²) < 4.78 is 6.90. The first kappa shape index (κ1) is 16.1. The van der Waals surface area contributed by atoms with Gasteiger partial charge in [0.25, 0.3) is 17.5 Å². The van der Waals surface area contributed by atoms with Gasteiger partial charge in [-0.15, -0.1) is 5.10 Å². The number of nitrogens with zero attached hydrogens (tertiary/aromatic N) is 5. The van der Waals surface area contributed by atoms with Crippen LogP contribution in [0.25, 0.3) is 17.7 Å². The third-order valence-corrected chi connectivity index (χ3v) is 3.12. The van der Waals surface area contributed by atoms with Crippen molar-refractivity contribution < 1.29 is 14.1 Å². The van der Waals surface area contributed by atoms with Crippen LogP contribution in [0.2, 0.25) is 0 Å². The van der Waals surface area contributed by atoms with Gasteiger partial charge in [-0.2, -0.15) is 5.10 Å². The van der Waals surface area contributed by atoms with Gasteiger partial charge in [-0.25, -0.2) is 0 Å². The van der Waals surface area contributed by atoms with Gasteiger partial charge < -0.3 is 4.42 Å². The van der Waals surface area contributed by atoms with Gasteiger partial charge in [0, 0.05) is 31.5 Å². The van der Waals surface area contributed by atoms with Crippen LogP contribution in [-0.2, 0) is 11.8 Å². The lowest BCUT2D eigenvalue weighted by Crippen LogP contribution is -2.07. The predicted molar refractivity (Wildman–Crippen MR) is 87.3 cm³/mol. The number of nitro groups is 1. The van der Waals surface area contributed by atoms with E-state index in [2.05, 4.69) is 20.6 Å². The number of anilines is 1. The van der Waals surface area contributed by atoms with Gasteiger partial charge >= 0.3 is 6.01 Å². The fourth-order valence-corrected chi connectivity index (χ4v) is 1.93. The zero-order valence-corrected chi connectivity index (χ0v) is 13.0. The summed E-state index contributed by atoms with van der Waals surface area (Å²) >= 11 is 0. The Morgan fingerprint density at radius 2 is 2.04 bits per heavy atom. The van der Waals surface area contributed by atoms with Gasteiger partial charge in [-0.1, -0.05) is 5.10 Å². The Labute approximate surface area is 140 Å². The van der Waals surface area contributed by atoms with Crippen LogP contribution in [0.5, 0.6) is 0 Å². The Bertz CT molecular complexity index is 941. The number of nitro benzene ring substituents is 1. The molecule has 3 rings (SSSR count). The van der Waals surface area contributed by atoms with Crippen molar-refractivity contribution in [2.24, 2.45) is 7.05 Å². The number of carbonyl (C=O) groups is 1. The highest BCUT2D eigenvalue weighted by atomic mass is 16.6. The van der Waals surface area contributed by atoms with Crippen molar-refractivity contribution in [2.75, 3.05) is 5.32 Å². The highest BCUT2D eigenvalue weighted by Crippen LogP contribution is 2.17. The van der Waals surface area contributed by atoms with Crippen LogP contribution < -0.4 is 5.32 Å². The second kappa shape index (κ2) is 6.74. The molecule has 2 aromatic heterocycles. The van der Waals surface area contributed by atoms with Gasteiger partial charge in [0.1, 0.15) is 5.69 Å². The molecule has 1 N–H and O–H groups in total. The molecule has 2 heterocycles. The van der Waals surface area contributed by atoms with E-state index in [0.717, 1.165) is 0 Å². The molecule has 10 nitrogen and oxygen atoms in total. The monoisotopic (exact) mass is 340 g/mol. The molecule has 0 spiro atoms. The molecule has 0 saturated heterocycles. The Hall–Kier alpha value is -3.82. The molecule has 0 radical (unpaired) electrons. The summed E-state index contributed by atoms with van der Waals surface area (Å²) in [6.45, 7) is 0. The van der Waals surface area contributed by atoms with Gasteiger partial charge in [-0.3, -0.25) is 24.9 Å². The number of aryl methyl sites for hydroxylation is 1. The van der Waals surface area contributed by atoms with Crippen molar-refractivity contribution in [3.63, 3.8) is 0 Å². The average Bonchev–Trinajstić information content (AvgIpc) is 3.22. The zero-order valence-electron chi connectivity index (χ0n) is 13.0. The maximum absolute atomic E-state index is 11.9. The normalized spacial score (nSPS) is 10.9. The summed E-state index contributed by atoms with van der Waals surface area (Å²) in [6.07, 6.45) is 4.49. The highest BCUT2D eigenvalue weighted by molar-refractivity contribution is 6.00. The van der Waals surface area contributed by atoms with E-state index in [9.17, 15) is 14.9 Å². The van der Waals surface area contributed by atoms with Crippen molar-refractivity contribution in [1.29, 1.82) is 0 Å². The molecular weight excluding hydrogens is 328 g/mol. The summed E-state index contributed by atoms with van der Waals surface area (Å²) in [4.78, 5) is 21.9. The van der Waals surface area contributed by atoms with E-state index < -0.39 is 10.8 Å². The molecule has 3 aromatic rings. The van der Waals surface area contributed by atoms with E-state index in [1.807, 2.05) is 0 Å². The number of nitrogens with one attached hydrogen (secondary N) is 1. The van der Waals surface area contributed by atoms with E-state index in [1.54, 1.807) is 24.0 Å². The Balaban J connectivity index is 1.62. The molecule has 1 amide bonds. The lowest BCUT2D eigenvalue weighted by Gasteiger charge is -1.95. The van der Waals surface area contributed by atoms with Gasteiger partial charge in [0.15, 0.2) is 0 Å². The molecule has 1 aromatic carbocycles. The van der Waals surface area contributed by atoms with Crippen molar-refractivity contribution in [2.45, 2.75) is 0 Å². The number of aromatic nitrogens is 4. The second-order valence-electron chi connectivity index (χ2n) is 4.96. The number of hydrogen-bond donors (Lipinski definition) is 1. The SMILES string of the molecule is Cn1ccc(-c2nnc(NC(=O)C=Cc3ccc([N+](=O)[O-])cc3)o2)n1. The predicted octanol–water partition coefficient (Wildman–Crippen LogP) is 2.03. The first-order chi connectivity index (χ1) is 12.0. The third kappa shape index (κ3) is 3.93. The van der Waals surface area contributed by atoms with Crippen LogP contribution in [0.3, 0.4) is 0 Å². The van der Waals surface area contributed by atoms with Crippen molar-refractivity contribution in [1.82, 2.24) is 20.0 Å². The van der Waals surface area contributed by atoms with Crippen LogP contribution in [-0.4, -0.2) is 30.8 Å². The van der Waals surface area contributed by atoms with Crippen LogP contribution >= 0.6 is 0 Å². The molecule has 25 heavy (non-hydrogen) atoms. The zero-order chi connectivity index (χ0) is 17.8. The second-order valence-corrected chi connectivity index (χ2v) is 4.96. The van der Waals surface area contributed by atoms with E-state index in [-0.39, 0.29) is 17.6 Å². The fraction of sp³-hybridized carbons (Fsp3) is 0.0667. The first-order valence-corrected chi connectivity index (χ1v) is 7.08. The van der Waals surface area contributed by atoms with Gasteiger partial charge in [-0.05, 0) is 29.8 Å². The minimum atomic E-state index is -0.491. The molecule has 0 aliphatic rings. The van der Waals surface area contributed by atoms with E-state index in [0.29, 0.717) is 11.3 Å². The van der Waals surface area contributed by atoms with Crippen LogP contribution in [0, 0.1) is 10.1 Å². The Morgan fingerprint density at radius 1 is 1.28 bits per heavy atom. The summed E-state index contributed by atoms with van der Waals surface area (Å²) in [5.74, 6) is -0.287. The van der Waals surface area contributed by atoms with Gasteiger partial charge in [0.05, 0.1) is 4.92 Å². The van der Waals surface area contributed by atoms with Crippen LogP contribution in [0.1, 0.15) is 5.56 Å². The minimum Gasteiger partial charge on any atom is -0.401 e.